The average molecular weight is 551 g/mol. The standard InChI is InChI=1S/C28H30N4O8/c1-18(17-36-2)39-24-14-21(26(33)30-23-9-6-20(16-29-23)28(35)37-3)15-25(31-24)40-22-7-4-19(5-8-22)27(34)32-10-12-38-13-11-32/h4-9,14-16,18H,10-13,17H2,1-3H3,(H,29,30,33)/t18-/m1/s1. The topological polar surface area (TPSA) is 138 Å². The molecule has 12 heteroatoms. The zero-order valence-corrected chi connectivity index (χ0v) is 22.4. The second-order valence-electron chi connectivity index (χ2n) is 8.82. The summed E-state index contributed by atoms with van der Waals surface area (Å²) in [4.78, 5) is 47.6. The van der Waals surface area contributed by atoms with Gasteiger partial charge in [0.2, 0.25) is 11.8 Å². The van der Waals surface area contributed by atoms with E-state index < -0.39 is 11.9 Å². The summed E-state index contributed by atoms with van der Waals surface area (Å²) >= 11 is 0. The summed E-state index contributed by atoms with van der Waals surface area (Å²) in [6.45, 7) is 4.24. The summed E-state index contributed by atoms with van der Waals surface area (Å²) in [7, 11) is 2.82. The van der Waals surface area contributed by atoms with Crippen LogP contribution < -0.4 is 14.8 Å². The van der Waals surface area contributed by atoms with E-state index in [0.717, 1.165) is 0 Å². The van der Waals surface area contributed by atoms with E-state index in [4.69, 9.17) is 18.9 Å². The van der Waals surface area contributed by atoms with Crippen LogP contribution in [-0.2, 0) is 14.2 Å². The van der Waals surface area contributed by atoms with Gasteiger partial charge in [0.1, 0.15) is 17.7 Å². The smallest absolute Gasteiger partial charge is 0.339 e. The first-order valence-corrected chi connectivity index (χ1v) is 12.5. The molecule has 1 saturated heterocycles. The molecule has 0 aliphatic carbocycles. The van der Waals surface area contributed by atoms with Gasteiger partial charge in [-0.15, -0.1) is 0 Å². The zero-order valence-electron chi connectivity index (χ0n) is 22.4. The normalized spacial score (nSPS) is 13.7. The summed E-state index contributed by atoms with van der Waals surface area (Å²) in [6, 6.07) is 12.6. The molecule has 0 spiro atoms. The number of morpholine rings is 1. The number of carbonyl (C=O) groups is 3. The molecule has 4 rings (SSSR count). The Labute approximate surface area is 231 Å². The third-order valence-electron chi connectivity index (χ3n) is 5.81. The van der Waals surface area contributed by atoms with Crippen LogP contribution >= 0.6 is 0 Å². The number of methoxy groups -OCH3 is 2. The summed E-state index contributed by atoms with van der Waals surface area (Å²) in [5.74, 6) is -0.211. The fourth-order valence-electron chi connectivity index (χ4n) is 3.83. The third kappa shape index (κ3) is 7.52. The molecule has 2 aromatic heterocycles. The zero-order chi connectivity index (χ0) is 28.5. The van der Waals surface area contributed by atoms with Crippen LogP contribution in [0, 0.1) is 0 Å². The van der Waals surface area contributed by atoms with Crippen molar-refractivity contribution in [2.24, 2.45) is 0 Å². The molecule has 0 bridgehead atoms. The second-order valence-corrected chi connectivity index (χ2v) is 8.82. The van der Waals surface area contributed by atoms with Gasteiger partial charge in [-0.05, 0) is 43.3 Å². The summed E-state index contributed by atoms with van der Waals surface area (Å²) < 4.78 is 26.8. The van der Waals surface area contributed by atoms with E-state index in [9.17, 15) is 14.4 Å². The number of ether oxygens (including phenoxy) is 5. The first-order valence-electron chi connectivity index (χ1n) is 12.5. The van der Waals surface area contributed by atoms with Crippen molar-refractivity contribution in [3.05, 3.63) is 71.4 Å². The molecule has 12 nitrogen and oxygen atoms in total. The molecule has 1 atom stereocenters. The Kier molecular flexibility index (Phi) is 9.60. The van der Waals surface area contributed by atoms with Crippen molar-refractivity contribution in [1.82, 2.24) is 14.9 Å². The number of amides is 2. The van der Waals surface area contributed by atoms with Gasteiger partial charge in [-0.1, -0.05) is 0 Å². The summed E-state index contributed by atoms with van der Waals surface area (Å²) in [5, 5.41) is 2.67. The van der Waals surface area contributed by atoms with E-state index >= 15 is 0 Å². The van der Waals surface area contributed by atoms with Crippen molar-refractivity contribution in [3.63, 3.8) is 0 Å². The van der Waals surface area contributed by atoms with Crippen LogP contribution in [-0.4, -0.2) is 85.9 Å². The maximum atomic E-state index is 13.1. The molecule has 1 N–H and O–H groups in total. The molecule has 3 heterocycles. The summed E-state index contributed by atoms with van der Waals surface area (Å²) in [5.41, 5.74) is 0.974. The molecule has 1 aliphatic heterocycles. The molecular formula is C28H30N4O8. The number of rotatable bonds is 10. The molecule has 1 aromatic carbocycles. The quantitative estimate of drug-likeness (QED) is 0.375. The van der Waals surface area contributed by atoms with Crippen LogP contribution in [0.15, 0.2) is 54.7 Å². The fourth-order valence-corrected chi connectivity index (χ4v) is 3.83. The lowest BCUT2D eigenvalue weighted by Gasteiger charge is -2.26. The Hall–Kier alpha value is -4.55. The number of hydrogen-bond donors (Lipinski definition) is 1. The van der Waals surface area contributed by atoms with Crippen molar-refractivity contribution in [1.29, 1.82) is 0 Å². The van der Waals surface area contributed by atoms with Crippen LogP contribution in [0.25, 0.3) is 0 Å². The Morgan fingerprint density at radius 1 is 0.975 bits per heavy atom. The van der Waals surface area contributed by atoms with Gasteiger partial charge in [-0.3, -0.25) is 9.59 Å². The predicted molar refractivity (Wildman–Crippen MR) is 143 cm³/mol. The van der Waals surface area contributed by atoms with Crippen LogP contribution in [0.1, 0.15) is 38.0 Å². The number of benzene rings is 1. The Bertz CT molecular complexity index is 1330. The monoisotopic (exact) mass is 550 g/mol. The lowest BCUT2D eigenvalue weighted by Crippen LogP contribution is -2.40. The van der Waals surface area contributed by atoms with Gasteiger partial charge in [0, 0.05) is 44.1 Å². The van der Waals surface area contributed by atoms with Gasteiger partial charge in [0.05, 0.1) is 38.1 Å². The molecule has 2 amide bonds. The van der Waals surface area contributed by atoms with Crippen LogP contribution in [0.4, 0.5) is 5.82 Å². The minimum atomic E-state index is -0.535. The maximum absolute atomic E-state index is 13.1. The predicted octanol–water partition coefficient (Wildman–Crippen LogP) is 3.19. The third-order valence-corrected chi connectivity index (χ3v) is 5.81. The first kappa shape index (κ1) is 28.5. The molecule has 1 aliphatic rings. The molecule has 0 saturated carbocycles. The molecule has 3 aromatic rings. The van der Waals surface area contributed by atoms with Crippen LogP contribution in [0.5, 0.6) is 17.5 Å². The molecule has 40 heavy (non-hydrogen) atoms. The number of carbonyl (C=O) groups excluding carboxylic acids is 3. The number of aromatic nitrogens is 2. The van der Waals surface area contributed by atoms with Gasteiger partial charge >= 0.3 is 5.97 Å². The molecule has 210 valence electrons. The second kappa shape index (κ2) is 13.5. The highest BCUT2D eigenvalue weighted by molar-refractivity contribution is 6.04. The number of pyridine rings is 2. The van der Waals surface area contributed by atoms with E-state index in [0.29, 0.717) is 44.2 Å². The Balaban J connectivity index is 1.52. The highest BCUT2D eigenvalue weighted by Gasteiger charge is 2.19. The maximum Gasteiger partial charge on any atom is 0.339 e. The minimum absolute atomic E-state index is 0.0808. The first-order chi connectivity index (χ1) is 19.4. The van der Waals surface area contributed by atoms with E-state index in [-0.39, 0.29) is 40.7 Å². The van der Waals surface area contributed by atoms with E-state index in [1.807, 2.05) is 0 Å². The van der Waals surface area contributed by atoms with Crippen LogP contribution in [0.3, 0.4) is 0 Å². The van der Waals surface area contributed by atoms with Crippen molar-refractivity contribution in [2.45, 2.75) is 13.0 Å². The minimum Gasteiger partial charge on any atom is -0.472 e. The number of nitrogens with zero attached hydrogens (tertiary/aromatic N) is 3. The van der Waals surface area contributed by atoms with Gasteiger partial charge in [-0.2, -0.15) is 4.98 Å². The molecule has 0 unspecified atom stereocenters. The number of nitrogens with one attached hydrogen (secondary N) is 1. The van der Waals surface area contributed by atoms with Crippen molar-refractivity contribution in [2.75, 3.05) is 52.4 Å². The van der Waals surface area contributed by atoms with Crippen LogP contribution in [0.2, 0.25) is 0 Å². The van der Waals surface area contributed by atoms with Gasteiger partial charge in [0.25, 0.3) is 11.8 Å². The largest absolute Gasteiger partial charge is 0.472 e. The van der Waals surface area contributed by atoms with Gasteiger partial charge in [-0.25, -0.2) is 9.78 Å². The average Bonchev–Trinajstić information content (AvgIpc) is 2.97. The van der Waals surface area contributed by atoms with E-state index in [1.165, 1.54) is 37.6 Å². The highest BCUT2D eigenvalue weighted by atomic mass is 16.5. The van der Waals surface area contributed by atoms with Gasteiger partial charge < -0.3 is 33.9 Å². The Morgan fingerprint density at radius 2 is 1.68 bits per heavy atom. The van der Waals surface area contributed by atoms with Crippen molar-refractivity contribution >= 4 is 23.6 Å². The highest BCUT2D eigenvalue weighted by Crippen LogP contribution is 2.26. The SMILES string of the molecule is COC[C@@H](C)Oc1cc(C(=O)Nc2ccc(C(=O)OC)cn2)cc(Oc2ccc(C(=O)N3CCOCC3)cc2)n1. The molecule has 1 fully saturated rings. The van der Waals surface area contributed by atoms with Gasteiger partial charge in [0.15, 0.2) is 0 Å². The number of hydrogen-bond acceptors (Lipinski definition) is 10. The van der Waals surface area contributed by atoms with Crippen molar-refractivity contribution < 1.29 is 38.1 Å². The summed E-state index contributed by atoms with van der Waals surface area (Å²) in [6.07, 6.45) is 0.957. The number of anilines is 1. The molecular weight excluding hydrogens is 520 g/mol. The lowest BCUT2D eigenvalue weighted by atomic mass is 10.2. The van der Waals surface area contributed by atoms with E-state index in [1.54, 1.807) is 43.2 Å². The molecule has 0 radical (unpaired) electrons. The Morgan fingerprint density at radius 3 is 2.33 bits per heavy atom. The number of esters is 1. The fraction of sp³-hybridized carbons (Fsp3) is 0.321. The lowest BCUT2D eigenvalue weighted by molar-refractivity contribution is 0.0303. The van der Waals surface area contributed by atoms with Crippen molar-refractivity contribution in [3.8, 4) is 17.5 Å². The van der Waals surface area contributed by atoms with E-state index in [2.05, 4.69) is 20.0 Å².